The maximum Gasteiger partial charge on any atom is 0.263 e. The van der Waals surface area contributed by atoms with E-state index in [-0.39, 0.29) is 5.56 Å². The van der Waals surface area contributed by atoms with Crippen molar-refractivity contribution in [2.45, 2.75) is 12.8 Å². The third-order valence-corrected chi connectivity index (χ3v) is 8.41. The van der Waals surface area contributed by atoms with Gasteiger partial charge < -0.3 is 0 Å². The number of pyridine rings is 1. The first kappa shape index (κ1) is 23.7. The monoisotopic (exact) mass is 525 g/mol. The highest BCUT2D eigenvalue weighted by atomic mass is 16.1. The molecule has 0 bridgehead atoms. The van der Waals surface area contributed by atoms with Crippen molar-refractivity contribution in [3.8, 4) is 27.9 Å². The minimum absolute atomic E-state index is 0.000972. The minimum atomic E-state index is 0.000972. The molecule has 194 valence electrons. The molecule has 0 atom stereocenters. The molecule has 0 N–H and O–H groups in total. The van der Waals surface area contributed by atoms with Gasteiger partial charge in [-0.15, -0.1) is 0 Å². The van der Waals surface area contributed by atoms with Crippen LogP contribution in [0, 0.1) is 0 Å². The van der Waals surface area contributed by atoms with Crippen LogP contribution in [0.2, 0.25) is 0 Å². The molecule has 41 heavy (non-hydrogen) atoms. The number of nitrogens with zero attached hydrogens (tertiary/aromatic N) is 1. The summed E-state index contributed by atoms with van der Waals surface area (Å²) in [5, 5.41) is 7.72. The second-order valence-electron chi connectivity index (χ2n) is 10.7. The van der Waals surface area contributed by atoms with E-state index in [1.54, 1.807) is 0 Å². The van der Waals surface area contributed by atoms with Gasteiger partial charge in [0.05, 0.1) is 5.52 Å². The van der Waals surface area contributed by atoms with Crippen molar-refractivity contribution in [1.82, 2.24) is 4.57 Å². The Morgan fingerprint density at radius 1 is 0.463 bits per heavy atom. The molecule has 1 aliphatic carbocycles. The number of rotatable bonds is 3. The molecular formula is C39H27NO. The van der Waals surface area contributed by atoms with Crippen molar-refractivity contribution in [2.75, 3.05) is 0 Å². The van der Waals surface area contributed by atoms with Crippen LogP contribution in [0.3, 0.4) is 0 Å². The van der Waals surface area contributed by atoms with E-state index in [9.17, 15) is 4.79 Å². The van der Waals surface area contributed by atoms with Crippen LogP contribution in [-0.2, 0) is 0 Å². The average Bonchev–Trinajstić information content (AvgIpc) is 3.04. The van der Waals surface area contributed by atoms with Gasteiger partial charge in [-0.3, -0.25) is 9.36 Å². The summed E-state index contributed by atoms with van der Waals surface area (Å²) in [5.74, 6) is 0. The van der Waals surface area contributed by atoms with Crippen LogP contribution in [0.1, 0.15) is 12.8 Å². The molecule has 1 aromatic heterocycles. The lowest BCUT2D eigenvalue weighted by Gasteiger charge is -2.19. The number of para-hydroxylation sites is 1. The molecule has 1 heterocycles. The van der Waals surface area contributed by atoms with Gasteiger partial charge in [0.15, 0.2) is 0 Å². The van der Waals surface area contributed by atoms with Gasteiger partial charge in [-0.2, -0.15) is 0 Å². The third kappa shape index (κ3) is 3.68. The molecule has 0 amide bonds. The molecule has 2 nitrogen and oxygen atoms in total. The predicted molar refractivity (Wildman–Crippen MR) is 173 cm³/mol. The molecule has 1 aliphatic rings. The normalized spacial score (nSPS) is 12.7. The van der Waals surface area contributed by atoms with Gasteiger partial charge in [0.25, 0.3) is 5.56 Å². The van der Waals surface area contributed by atoms with Crippen molar-refractivity contribution in [3.63, 3.8) is 0 Å². The van der Waals surface area contributed by atoms with E-state index in [0.717, 1.165) is 45.6 Å². The molecule has 0 saturated heterocycles. The molecule has 0 spiro atoms. The molecule has 7 aromatic rings. The number of benzene rings is 6. The third-order valence-electron chi connectivity index (χ3n) is 8.41. The van der Waals surface area contributed by atoms with E-state index in [1.807, 2.05) is 41.0 Å². The van der Waals surface area contributed by atoms with Crippen LogP contribution in [-0.4, -0.2) is 4.57 Å². The first-order valence-corrected chi connectivity index (χ1v) is 14.2. The first-order chi connectivity index (χ1) is 20.3. The fourth-order valence-corrected chi connectivity index (χ4v) is 6.65. The van der Waals surface area contributed by atoms with Gasteiger partial charge in [-0.25, -0.2) is 0 Å². The Morgan fingerprint density at radius 3 is 1.66 bits per heavy atom. The van der Waals surface area contributed by atoms with Crippen LogP contribution in [0.25, 0.3) is 72.5 Å². The first-order valence-electron chi connectivity index (χ1n) is 14.2. The molecule has 2 heteroatoms. The van der Waals surface area contributed by atoms with Gasteiger partial charge in [-0.05, 0) is 86.0 Å². The highest BCUT2D eigenvalue weighted by Crippen LogP contribution is 2.34. The summed E-state index contributed by atoms with van der Waals surface area (Å²) in [6, 6.07) is 44.1. The fourth-order valence-electron chi connectivity index (χ4n) is 6.65. The molecule has 0 unspecified atom stereocenters. The lowest BCUT2D eigenvalue weighted by Crippen LogP contribution is -2.31. The largest absolute Gasteiger partial charge is 0.276 e. The fraction of sp³-hybridized carbons (Fsp3) is 0.0513. The smallest absolute Gasteiger partial charge is 0.263 e. The van der Waals surface area contributed by atoms with Crippen LogP contribution in [0.5, 0.6) is 0 Å². The zero-order chi connectivity index (χ0) is 27.3. The van der Waals surface area contributed by atoms with E-state index < -0.39 is 0 Å². The van der Waals surface area contributed by atoms with E-state index in [0.29, 0.717) is 0 Å². The van der Waals surface area contributed by atoms with Crippen LogP contribution in [0.15, 0.2) is 132 Å². The zero-order valence-electron chi connectivity index (χ0n) is 22.5. The van der Waals surface area contributed by atoms with E-state index >= 15 is 0 Å². The number of hydrogen-bond acceptors (Lipinski definition) is 1. The molecule has 0 fully saturated rings. The minimum Gasteiger partial charge on any atom is -0.276 e. The maximum absolute atomic E-state index is 14.1. The molecule has 6 aromatic carbocycles. The maximum atomic E-state index is 14.1. The van der Waals surface area contributed by atoms with Crippen molar-refractivity contribution in [2.24, 2.45) is 0 Å². The topological polar surface area (TPSA) is 22.0 Å². The summed E-state index contributed by atoms with van der Waals surface area (Å²) in [5.41, 5.74) is 6.67. The average molecular weight is 526 g/mol. The van der Waals surface area contributed by atoms with Crippen LogP contribution < -0.4 is 16.0 Å². The van der Waals surface area contributed by atoms with Crippen molar-refractivity contribution < 1.29 is 0 Å². The quantitative estimate of drug-likeness (QED) is 0.214. The van der Waals surface area contributed by atoms with E-state index in [2.05, 4.69) is 103 Å². The van der Waals surface area contributed by atoms with Gasteiger partial charge in [0, 0.05) is 16.5 Å². The van der Waals surface area contributed by atoms with Crippen LogP contribution >= 0.6 is 0 Å². The Kier molecular flexibility index (Phi) is 5.46. The summed E-state index contributed by atoms with van der Waals surface area (Å²) in [7, 11) is 0. The molecular weight excluding hydrogens is 498 g/mol. The number of aromatic nitrogens is 1. The summed E-state index contributed by atoms with van der Waals surface area (Å²) >= 11 is 0. The summed E-state index contributed by atoms with van der Waals surface area (Å²) in [6.45, 7) is 0. The van der Waals surface area contributed by atoms with Gasteiger partial charge in [-0.1, -0.05) is 115 Å². The highest BCUT2D eigenvalue weighted by Gasteiger charge is 2.18. The lowest BCUT2D eigenvalue weighted by molar-refractivity contribution is 1.06. The second kappa shape index (κ2) is 9.46. The zero-order valence-corrected chi connectivity index (χ0v) is 22.5. The summed E-state index contributed by atoms with van der Waals surface area (Å²) in [6.07, 6.45) is 6.84. The molecule has 0 saturated carbocycles. The Morgan fingerprint density at radius 2 is 1.00 bits per heavy atom. The van der Waals surface area contributed by atoms with E-state index in [1.165, 1.54) is 38.1 Å². The molecule has 0 aliphatic heterocycles. The molecule has 0 radical (unpaired) electrons. The Balaban J connectivity index is 1.56. The van der Waals surface area contributed by atoms with Crippen molar-refractivity contribution in [1.29, 1.82) is 0 Å². The van der Waals surface area contributed by atoms with Crippen LogP contribution in [0.4, 0.5) is 0 Å². The van der Waals surface area contributed by atoms with E-state index in [4.69, 9.17) is 0 Å². The van der Waals surface area contributed by atoms with Crippen molar-refractivity contribution >= 4 is 44.6 Å². The summed E-state index contributed by atoms with van der Waals surface area (Å²) < 4.78 is 1.89. The Labute approximate surface area is 237 Å². The van der Waals surface area contributed by atoms with Gasteiger partial charge in [0.2, 0.25) is 0 Å². The highest BCUT2D eigenvalue weighted by molar-refractivity contribution is 6.08. The number of fused-ring (bicyclic) bond motifs is 5. The predicted octanol–water partition coefficient (Wildman–Crippen LogP) is 7.99. The standard InChI is InChI=1S/C39H27NO/c41-39-34-21-10-7-17-29(34)30-18-11-12-22-36(30)40(39)28-23-24-33-35(25-28)38(27-15-5-2-6-16-27)32-20-9-8-19-31(32)37(33)26-13-3-1-4-14-26/h1-7,10-25H,8-9H2. The lowest BCUT2D eigenvalue weighted by atomic mass is 9.86. The van der Waals surface area contributed by atoms with Gasteiger partial charge in [0.1, 0.15) is 0 Å². The Bertz CT molecular complexity index is 2310. The number of hydrogen-bond donors (Lipinski definition) is 0. The Hall–Kier alpha value is -5.21. The second-order valence-corrected chi connectivity index (χ2v) is 10.7. The molecule has 8 rings (SSSR count). The summed E-state index contributed by atoms with van der Waals surface area (Å²) in [4.78, 5) is 14.1. The van der Waals surface area contributed by atoms with Crippen molar-refractivity contribution in [3.05, 3.63) is 148 Å². The SMILES string of the molecule is O=c1c2ccccc2c2ccccc2n1-c1ccc2c(-c3ccccc3)c3c(c(-c4ccccc4)c2c1)=CCCC=3. The van der Waals surface area contributed by atoms with Gasteiger partial charge >= 0.3 is 0 Å².